The van der Waals surface area contributed by atoms with Crippen LogP contribution in [0, 0.1) is 5.92 Å². The summed E-state index contributed by atoms with van der Waals surface area (Å²) in [4.78, 5) is 24.3. The molecule has 2 N–H and O–H groups in total. The largest absolute Gasteiger partial charge is 0.481 e. The van der Waals surface area contributed by atoms with Crippen LogP contribution in [0.3, 0.4) is 0 Å². The lowest BCUT2D eigenvalue weighted by Gasteiger charge is -2.21. The molecule has 2 amide bonds. The second-order valence-corrected chi connectivity index (χ2v) is 5.74. The van der Waals surface area contributed by atoms with Gasteiger partial charge in [-0.2, -0.15) is 0 Å². The fourth-order valence-electron chi connectivity index (χ4n) is 2.60. The van der Waals surface area contributed by atoms with Crippen molar-refractivity contribution in [3.63, 3.8) is 0 Å². The molecule has 0 spiro atoms. The summed E-state index contributed by atoms with van der Waals surface area (Å²) in [5.41, 5.74) is 3.45. The Bertz CT molecular complexity index is 542. The fraction of sp³-hybridized carbons (Fsp3) is 0.500. The Morgan fingerprint density at radius 1 is 1.29 bits per heavy atom. The average molecular weight is 290 g/mol. The first-order chi connectivity index (χ1) is 9.97. The van der Waals surface area contributed by atoms with Gasteiger partial charge in [0.05, 0.1) is 5.92 Å². The van der Waals surface area contributed by atoms with E-state index < -0.39 is 11.9 Å². The van der Waals surface area contributed by atoms with Gasteiger partial charge in [-0.3, -0.25) is 4.79 Å². The first kappa shape index (κ1) is 15.4. The lowest BCUT2D eigenvalue weighted by atomic mass is 9.91. The predicted molar refractivity (Wildman–Crippen MR) is 81.5 cm³/mol. The van der Waals surface area contributed by atoms with E-state index in [1.165, 1.54) is 28.9 Å². The average Bonchev–Trinajstić information content (AvgIpc) is 2.46. The van der Waals surface area contributed by atoms with E-state index in [4.69, 9.17) is 5.11 Å². The molecule has 1 aromatic carbocycles. The molecule has 0 saturated carbocycles. The summed E-state index contributed by atoms with van der Waals surface area (Å²) in [6.45, 7) is 1.77. The first-order valence-corrected chi connectivity index (χ1v) is 7.34. The molecule has 0 aromatic heterocycles. The van der Waals surface area contributed by atoms with Crippen molar-refractivity contribution in [1.82, 2.24) is 4.90 Å². The number of carbonyl (C=O) groups excluding carboxylic acids is 1. The number of urea groups is 1. The van der Waals surface area contributed by atoms with E-state index in [0.717, 1.165) is 18.5 Å². The molecule has 114 valence electrons. The van der Waals surface area contributed by atoms with Crippen LogP contribution >= 0.6 is 0 Å². The van der Waals surface area contributed by atoms with Crippen molar-refractivity contribution in [3.8, 4) is 0 Å². The molecule has 1 atom stereocenters. The molecule has 1 aliphatic carbocycles. The topological polar surface area (TPSA) is 69.6 Å². The van der Waals surface area contributed by atoms with Gasteiger partial charge in [0.25, 0.3) is 0 Å². The molecule has 1 unspecified atom stereocenters. The van der Waals surface area contributed by atoms with Crippen LogP contribution in [0.5, 0.6) is 0 Å². The molecular weight excluding hydrogens is 268 g/mol. The van der Waals surface area contributed by atoms with Crippen LogP contribution in [0.4, 0.5) is 10.5 Å². The third-order valence-corrected chi connectivity index (χ3v) is 3.92. The highest BCUT2D eigenvalue weighted by molar-refractivity contribution is 5.89. The Morgan fingerprint density at radius 3 is 2.62 bits per heavy atom. The Morgan fingerprint density at radius 2 is 1.95 bits per heavy atom. The maximum absolute atomic E-state index is 12.1. The SMILES string of the molecule is CC(CN(C)C(=O)Nc1ccc2c(c1)CCCC2)C(=O)O. The third kappa shape index (κ3) is 3.97. The maximum Gasteiger partial charge on any atom is 0.321 e. The van der Waals surface area contributed by atoms with Crippen molar-refractivity contribution >= 4 is 17.7 Å². The number of fused-ring (bicyclic) bond motifs is 1. The number of carbonyl (C=O) groups is 2. The van der Waals surface area contributed by atoms with Gasteiger partial charge in [0.2, 0.25) is 0 Å². The molecule has 5 heteroatoms. The van der Waals surface area contributed by atoms with Crippen molar-refractivity contribution in [1.29, 1.82) is 0 Å². The third-order valence-electron chi connectivity index (χ3n) is 3.92. The number of aliphatic carboxylic acids is 1. The van der Waals surface area contributed by atoms with Gasteiger partial charge in [-0.15, -0.1) is 0 Å². The molecule has 0 aliphatic heterocycles. The standard InChI is InChI=1S/C16H22N2O3/c1-11(15(19)20)10-18(2)16(21)17-14-8-7-12-5-3-4-6-13(12)9-14/h7-9,11H,3-6,10H2,1-2H3,(H,17,21)(H,19,20). The zero-order chi connectivity index (χ0) is 15.4. The highest BCUT2D eigenvalue weighted by Crippen LogP contribution is 2.24. The van der Waals surface area contributed by atoms with Gasteiger partial charge in [0, 0.05) is 19.3 Å². The van der Waals surface area contributed by atoms with Crippen LogP contribution in [0.15, 0.2) is 18.2 Å². The Kier molecular flexibility index (Phi) is 4.83. The summed E-state index contributed by atoms with van der Waals surface area (Å²) >= 11 is 0. The number of hydrogen-bond acceptors (Lipinski definition) is 2. The van der Waals surface area contributed by atoms with Crippen LogP contribution < -0.4 is 5.32 Å². The van der Waals surface area contributed by atoms with Crippen LogP contribution in [-0.2, 0) is 17.6 Å². The number of amides is 2. The van der Waals surface area contributed by atoms with E-state index in [0.29, 0.717) is 0 Å². The van der Waals surface area contributed by atoms with Crippen LogP contribution in [0.2, 0.25) is 0 Å². The zero-order valence-corrected chi connectivity index (χ0v) is 12.6. The Hall–Kier alpha value is -2.04. The summed E-state index contributed by atoms with van der Waals surface area (Å²) in [6, 6.07) is 5.74. The number of hydrogen-bond donors (Lipinski definition) is 2. The van der Waals surface area contributed by atoms with Crippen molar-refractivity contribution in [2.24, 2.45) is 5.92 Å². The van der Waals surface area contributed by atoms with E-state index in [9.17, 15) is 9.59 Å². The lowest BCUT2D eigenvalue weighted by molar-refractivity contribution is -0.141. The van der Waals surface area contributed by atoms with Crippen LogP contribution in [0.1, 0.15) is 30.9 Å². The van der Waals surface area contributed by atoms with Crippen molar-refractivity contribution < 1.29 is 14.7 Å². The van der Waals surface area contributed by atoms with Gasteiger partial charge in [-0.1, -0.05) is 13.0 Å². The summed E-state index contributed by atoms with van der Waals surface area (Å²) in [5, 5.41) is 11.7. The van der Waals surface area contributed by atoms with E-state index in [-0.39, 0.29) is 12.6 Å². The normalized spacial score (nSPS) is 15.0. The van der Waals surface area contributed by atoms with E-state index in [2.05, 4.69) is 11.4 Å². The number of rotatable bonds is 4. The highest BCUT2D eigenvalue weighted by atomic mass is 16.4. The monoisotopic (exact) mass is 290 g/mol. The molecule has 0 heterocycles. The van der Waals surface area contributed by atoms with Gasteiger partial charge in [-0.25, -0.2) is 4.79 Å². The highest BCUT2D eigenvalue weighted by Gasteiger charge is 2.18. The molecule has 5 nitrogen and oxygen atoms in total. The molecule has 0 fully saturated rings. The second kappa shape index (κ2) is 6.61. The molecule has 1 aliphatic rings. The van der Waals surface area contributed by atoms with Gasteiger partial charge in [0.15, 0.2) is 0 Å². The minimum Gasteiger partial charge on any atom is -0.481 e. The molecule has 0 radical (unpaired) electrons. The van der Waals surface area contributed by atoms with Gasteiger partial charge in [-0.05, 0) is 48.9 Å². The molecule has 1 aromatic rings. The number of carboxylic acid groups (broad SMARTS) is 1. The molecule has 2 rings (SSSR count). The van der Waals surface area contributed by atoms with Crippen molar-refractivity contribution in [3.05, 3.63) is 29.3 Å². The number of carboxylic acids is 1. The molecule has 0 bridgehead atoms. The zero-order valence-electron chi connectivity index (χ0n) is 12.6. The minimum absolute atomic E-state index is 0.187. The number of nitrogens with one attached hydrogen (secondary N) is 1. The predicted octanol–water partition coefficient (Wildman–Crippen LogP) is 2.75. The van der Waals surface area contributed by atoms with Gasteiger partial charge >= 0.3 is 12.0 Å². The summed E-state index contributed by atoms with van der Waals surface area (Å²) in [7, 11) is 1.60. The number of nitrogens with zero attached hydrogens (tertiary/aromatic N) is 1. The summed E-state index contributed by atoms with van der Waals surface area (Å²) in [5.74, 6) is -1.48. The number of benzene rings is 1. The fourth-order valence-corrected chi connectivity index (χ4v) is 2.60. The Balaban J connectivity index is 1.97. The van der Waals surface area contributed by atoms with E-state index in [1.54, 1.807) is 14.0 Å². The van der Waals surface area contributed by atoms with Crippen molar-refractivity contribution in [2.45, 2.75) is 32.6 Å². The quantitative estimate of drug-likeness (QED) is 0.895. The van der Waals surface area contributed by atoms with Gasteiger partial charge < -0.3 is 15.3 Å². The summed E-state index contributed by atoms with van der Waals surface area (Å²) in [6.07, 6.45) is 4.60. The van der Waals surface area contributed by atoms with Crippen LogP contribution in [-0.4, -0.2) is 35.6 Å². The molecular formula is C16H22N2O3. The number of anilines is 1. The smallest absolute Gasteiger partial charge is 0.321 e. The Labute approximate surface area is 125 Å². The second-order valence-electron chi connectivity index (χ2n) is 5.74. The minimum atomic E-state index is -0.900. The molecule has 0 saturated heterocycles. The van der Waals surface area contributed by atoms with Crippen molar-refractivity contribution in [2.75, 3.05) is 18.9 Å². The maximum atomic E-state index is 12.1. The number of aryl methyl sites for hydroxylation is 2. The van der Waals surface area contributed by atoms with E-state index >= 15 is 0 Å². The first-order valence-electron chi connectivity index (χ1n) is 7.34. The lowest BCUT2D eigenvalue weighted by Crippen LogP contribution is -2.36. The van der Waals surface area contributed by atoms with Gasteiger partial charge in [0.1, 0.15) is 0 Å². The van der Waals surface area contributed by atoms with Crippen LogP contribution in [0.25, 0.3) is 0 Å². The summed E-state index contributed by atoms with van der Waals surface area (Å²) < 4.78 is 0. The van der Waals surface area contributed by atoms with E-state index in [1.807, 2.05) is 12.1 Å². The molecule has 21 heavy (non-hydrogen) atoms.